The van der Waals surface area contributed by atoms with Crippen LogP contribution in [0.3, 0.4) is 0 Å². The molecule has 0 atom stereocenters. The average molecular weight is 394 g/mol. The molecule has 0 fully saturated rings. The van der Waals surface area contributed by atoms with Gasteiger partial charge in [0.15, 0.2) is 6.61 Å². The van der Waals surface area contributed by atoms with E-state index in [1.165, 1.54) is 0 Å². The number of hydrogen-bond donors (Lipinski definition) is 1. The molecule has 2 aromatic carbocycles. The van der Waals surface area contributed by atoms with Crippen LogP contribution in [-0.4, -0.2) is 23.5 Å². The fourth-order valence-electron chi connectivity index (χ4n) is 2.91. The van der Waals surface area contributed by atoms with E-state index in [1.807, 2.05) is 6.92 Å². The van der Waals surface area contributed by atoms with Gasteiger partial charge in [0.2, 0.25) is 0 Å². The van der Waals surface area contributed by atoms with Gasteiger partial charge in [-0.2, -0.15) is 13.2 Å². The molecule has 0 bridgehead atoms. The van der Waals surface area contributed by atoms with Crippen molar-refractivity contribution in [2.75, 3.05) is 6.61 Å². The van der Waals surface area contributed by atoms with Crippen LogP contribution in [0.4, 0.5) is 13.2 Å². The van der Waals surface area contributed by atoms with Crippen molar-refractivity contribution in [3.8, 4) is 16.9 Å². The number of carboxylic acids is 1. The molecule has 0 spiro atoms. The Morgan fingerprint density at radius 3 is 2.36 bits per heavy atom. The Balaban J connectivity index is 2.45. The molecule has 150 valence electrons. The number of rotatable bonds is 8. The van der Waals surface area contributed by atoms with Crippen molar-refractivity contribution in [3.63, 3.8) is 0 Å². The maximum Gasteiger partial charge on any atom is 0.416 e. The lowest BCUT2D eigenvalue weighted by Crippen LogP contribution is -2.11. The number of hydrogen-bond acceptors (Lipinski definition) is 3. The SMILES string of the molecule is CCCC(=O)Cc1ccc(-c2cc(C(F)(F)F)ccc2OCC(=O)O)c(C)c1. The maximum absolute atomic E-state index is 13.1. The lowest BCUT2D eigenvalue weighted by atomic mass is 9.94. The summed E-state index contributed by atoms with van der Waals surface area (Å²) in [4.78, 5) is 22.6. The number of carboxylic acid groups (broad SMARTS) is 1. The Morgan fingerprint density at radius 2 is 1.79 bits per heavy atom. The van der Waals surface area contributed by atoms with Crippen molar-refractivity contribution < 1.29 is 32.6 Å². The second kappa shape index (κ2) is 8.91. The Morgan fingerprint density at radius 1 is 1.07 bits per heavy atom. The van der Waals surface area contributed by atoms with E-state index in [4.69, 9.17) is 9.84 Å². The summed E-state index contributed by atoms with van der Waals surface area (Å²) in [6, 6.07) is 8.00. The van der Waals surface area contributed by atoms with Crippen LogP contribution < -0.4 is 4.74 Å². The molecule has 28 heavy (non-hydrogen) atoms. The second-order valence-electron chi connectivity index (χ2n) is 6.51. The summed E-state index contributed by atoms with van der Waals surface area (Å²) in [6.07, 6.45) is -3.05. The number of ether oxygens (including phenoxy) is 1. The van der Waals surface area contributed by atoms with Crippen LogP contribution in [0.1, 0.15) is 36.5 Å². The molecule has 0 aliphatic rings. The summed E-state index contributed by atoms with van der Waals surface area (Å²) in [7, 11) is 0. The molecule has 2 rings (SSSR count). The molecular formula is C21H21F3O4. The van der Waals surface area contributed by atoms with Crippen molar-refractivity contribution in [2.45, 2.75) is 39.3 Å². The van der Waals surface area contributed by atoms with Gasteiger partial charge in [0.1, 0.15) is 11.5 Å². The first kappa shape index (κ1) is 21.5. The zero-order chi connectivity index (χ0) is 20.9. The Labute approximate surface area is 161 Å². The molecule has 1 N–H and O–H groups in total. The van der Waals surface area contributed by atoms with Crippen LogP contribution in [0.2, 0.25) is 0 Å². The van der Waals surface area contributed by atoms with E-state index in [9.17, 15) is 22.8 Å². The van der Waals surface area contributed by atoms with Gasteiger partial charge in [-0.3, -0.25) is 4.79 Å². The van der Waals surface area contributed by atoms with E-state index in [2.05, 4.69) is 0 Å². The summed E-state index contributed by atoms with van der Waals surface area (Å²) in [5.74, 6) is -1.08. The topological polar surface area (TPSA) is 63.6 Å². The van der Waals surface area contributed by atoms with Gasteiger partial charge in [-0.25, -0.2) is 4.79 Å². The smallest absolute Gasteiger partial charge is 0.416 e. The van der Waals surface area contributed by atoms with E-state index >= 15 is 0 Å². The summed E-state index contributed by atoms with van der Waals surface area (Å²) < 4.78 is 44.6. The summed E-state index contributed by atoms with van der Waals surface area (Å²) in [5, 5.41) is 8.80. The zero-order valence-corrected chi connectivity index (χ0v) is 15.6. The largest absolute Gasteiger partial charge is 0.481 e. The van der Waals surface area contributed by atoms with E-state index in [0.717, 1.165) is 30.2 Å². The monoisotopic (exact) mass is 394 g/mol. The molecule has 0 heterocycles. The number of carbonyl (C=O) groups is 2. The fourth-order valence-corrected chi connectivity index (χ4v) is 2.91. The minimum Gasteiger partial charge on any atom is -0.481 e. The number of carbonyl (C=O) groups excluding carboxylic acids is 1. The van der Waals surface area contributed by atoms with Crippen molar-refractivity contribution in [1.29, 1.82) is 0 Å². The fraction of sp³-hybridized carbons (Fsp3) is 0.333. The lowest BCUT2D eigenvalue weighted by Gasteiger charge is -2.16. The third-order valence-corrected chi connectivity index (χ3v) is 4.17. The van der Waals surface area contributed by atoms with Crippen molar-refractivity contribution >= 4 is 11.8 Å². The van der Waals surface area contributed by atoms with Gasteiger partial charge in [-0.15, -0.1) is 0 Å². The van der Waals surface area contributed by atoms with Gasteiger partial charge in [0.05, 0.1) is 5.56 Å². The minimum atomic E-state index is -4.54. The van der Waals surface area contributed by atoms with Gasteiger partial charge in [-0.1, -0.05) is 25.1 Å². The molecule has 0 saturated heterocycles. The van der Waals surface area contributed by atoms with E-state index in [-0.39, 0.29) is 23.5 Å². The average Bonchev–Trinajstić information content (AvgIpc) is 2.59. The molecule has 0 aliphatic carbocycles. The third kappa shape index (κ3) is 5.58. The highest BCUT2D eigenvalue weighted by molar-refractivity contribution is 5.81. The quantitative estimate of drug-likeness (QED) is 0.680. The molecular weight excluding hydrogens is 373 g/mol. The third-order valence-electron chi connectivity index (χ3n) is 4.17. The molecule has 0 unspecified atom stereocenters. The van der Waals surface area contributed by atoms with Gasteiger partial charge in [-0.05, 0) is 48.2 Å². The van der Waals surface area contributed by atoms with Gasteiger partial charge in [0.25, 0.3) is 0 Å². The van der Waals surface area contributed by atoms with Crippen LogP contribution in [0.15, 0.2) is 36.4 Å². The Hall–Kier alpha value is -2.83. The highest BCUT2D eigenvalue weighted by atomic mass is 19.4. The van der Waals surface area contributed by atoms with Crippen LogP contribution in [-0.2, 0) is 22.2 Å². The molecule has 7 heteroatoms. The van der Waals surface area contributed by atoms with Crippen LogP contribution >= 0.6 is 0 Å². The predicted molar refractivity (Wildman–Crippen MR) is 98.4 cm³/mol. The van der Waals surface area contributed by atoms with E-state index in [0.29, 0.717) is 17.5 Å². The molecule has 4 nitrogen and oxygen atoms in total. The normalized spacial score (nSPS) is 11.3. The molecule has 2 aromatic rings. The maximum atomic E-state index is 13.1. The lowest BCUT2D eigenvalue weighted by molar-refractivity contribution is -0.140. The number of aliphatic carboxylic acids is 1. The number of halogens is 3. The van der Waals surface area contributed by atoms with E-state index in [1.54, 1.807) is 25.1 Å². The molecule has 0 amide bonds. The second-order valence-corrected chi connectivity index (χ2v) is 6.51. The number of Topliss-reactive ketones (excluding diaryl/α,β-unsaturated/α-hetero) is 1. The highest BCUT2D eigenvalue weighted by Gasteiger charge is 2.31. The van der Waals surface area contributed by atoms with Gasteiger partial charge in [0, 0.05) is 18.4 Å². The summed E-state index contributed by atoms with van der Waals surface area (Å²) in [6.45, 7) is 2.98. The highest BCUT2D eigenvalue weighted by Crippen LogP contribution is 2.38. The summed E-state index contributed by atoms with van der Waals surface area (Å²) >= 11 is 0. The van der Waals surface area contributed by atoms with Crippen molar-refractivity contribution in [3.05, 3.63) is 53.1 Å². The van der Waals surface area contributed by atoms with Crippen molar-refractivity contribution in [1.82, 2.24) is 0 Å². The minimum absolute atomic E-state index is 0.0494. The standard InChI is InChI=1S/C21H21F3O4/c1-3-4-16(25)10-14-5-7-17(13(2)9-14)18-11-15(21(22,23)24)6-8-19(18)28-12-20(26)27/h5-9,11H,3-4,10,12H2,1-2H3,(H,26,27). The zero-order valence-electron chi connectivity index (χ0n) is 15.6. The van der Waals surface area contributed by atoms with Crippen LogP contribution in [0.5, 0.6) is 5.75 Å². The van der Waals surface area contributed by atoms with Crippen LogP contribution in [0, 0.1) is 6.92 Å². The Kier molecular flexibility index (Phi) is 6.83. The number of benzene rings is 2. The molecule has 0 saturated carbocycles. The van der Waals surface area contributed by atoms with Crippen LogP contribution in [0.25, 0.3) is 11.1 Å². The van der Waals surface area contributed by atoms with Crippen molar-refractivity contribution in [2.24, 2.45) is 0 Å². The first-order chi connectivity index (χ1) is 13.1. The predicted octanol–water partition coefficient (Wildman–Crippen LogP) is 5.06. The number of aryl methyl sites for hydroxylation is 1. The molecule has 0 radical (unpaired) electrons. The first-order valence-electron chi connectivity index (χ1n) is 8.79. The van der Waals surface area contributed by atoms with E-state index < -0.39 is 24.3 Å². The Bertz CT molecular complexity index is 872. The molecule has 0 aliphatic heterocycles. The first-order valence-corrected chi connectivity index (χ1v) is 8.79. The number of alkyl halides is 3. The molecule has 0 aromatic heterocycles. The summed E-state index contributed by atoms with van der Waals surface area (Å²) in [5.41, 5.74) is 1.23. The van der Waals surface area contributed by atoms with Gasteiger partial charge < -0.3 is 9.84 Å². The number of ketones is 1. The van der Waals surface area contributed by atoms with Gasteiger partial charge >= 0.3 is 12.1 Å².